The molecule has 0 saturated heterocycles. The third-order valence-electron chi connectivity index (χ3n) is 1.95. The second kappa shape index (κ2) is 3.18. The summed E-state index contributed by atoms with van der Waals surface area (Å²) in [5.74, 6) is 0. The van der Waals surface area contributed by atoms with Crippen LogP contribution in [0, 0.1) is 0 Å². The highest BCUT2D eigenvalue weighted by Crippen LogP contribution is 2.05. The highest BCUT2D eigenvalue weighted by Gasteiger charge is 1.97. The maximum absolute atomic E-state index is 4.19. The van der Waals surface area contributed by atoms with Gasteiger partial charge < -0.3 is 9.30 Å². The molecule has 0 unspecified atom stereocenters. The van der Waals surface area contributed by atoms with E-state index in [0.29, 0.717) is 0 Å². The van der Waals surface area contributed by atoms with Gasteiger partial charge in [0.1, 0.15) is 5.65 Å². The van der Waals surface area contributed by atoms with Gasteiger partial charge in [0.25, 0.3) is 0 Å². The summed E-state index contributed by atoms with van der Waals surface area (Å²) in [5, 5.41) is 0. The lowest BCUT2D eigenvalue weighted by molar-refractivity contribution is 0.402. The molecular formula is C10H13N3. The summed E-state index contributed by atoms with van der Waals surface area (Å²) in [6.07, 6.45) is 5.89. The average Bonchev–Trinajstić information content (AvgIpc) is 2.49. The van der Waals surface area contributed by atoms with Crippen molar-refractivity contribution in [2.75, 3.05) is 14.1 Å². The Labute approximate surface area is 77.6 Å². The van der Waals surface area contributed by atoms with Crippen LogP contribution in [0.1, 0.15) is 5.56 Å². The van der Waals surface area contributed by atoms with E-state index in [1.165, 1.54) is 5.56 Å². The molecule has 0 aliphatic carbocycles. The van der Waals surface area contributed by atoms with E-state index in [4.69, 9.17) is 0 Å². The molecule has 68 valence electrons. The van der Waals surface area contributed by atoms with Crippen LogP contribution in [0.5, 0.6) is 0 Å². The highest BCUT2D eigenvalue weighted by atomic mass is 15.1. The minimum absolute atomic E-state index is 0.966. The normalized spacial score (nSPS) is 11.3. The van der Waals surface area contributed by atoms with Crippen LogP contribution >= 0.6 is 0 Å². The van der Waals surface area contributed by atoms with Gasteiger partial charge in [-0.15, -0.1) is 0 Å². The predicted molar refractivity (Wildman–Crippen MR) is 52.6 cm³/mol. The van der Waals surface area contributed by atoms with E-state index in [1.807, 2.05) is 22.9 Å². The number of imidazole rings is 1. The second-order valence-electron chi connectivity index (χ2n) is 3.47. The van der Waals surface area contributed by atoms with Gasteiger partial charge in [-0.2, -0.15) is 0 Å². The van der Waals surface area contributed by atoms with Crippen molar-refractivity contribution in [1.29, 1.82) is 0 Å². The fourth-order valence-corrected chi connectivity index (χ4v) is 1.42. The zero-order chi connectivity index (χ0) is 9.26. The smallest absolute Gasteiger partial charge is 0.136 e. The third kappa shape index (κ3) is 1.70. The van der Waals surface area contributed by atoms with Crippen LogP contribution in [-0.2, 0) is 6.54 Å². The van der Waals surface area contributed by atoms with E-state index < -0.39 is 0 Å². The number of nitrogens with zero attached hydrogens (tertiary/aromatic N) is 3. The van der Waals surface area contributed by atoms with Crippen LogP contribution in [-0.4, -0.2) is 28.4 Å². The van der Waals surface area contributed by atoms with E-state index in [9.17, 15) is 0 Å². The summed E-state index contributed by atoms with van der Waals surface area (Å²) < 4.78 is 2.04. The number of fused-ring (bicyclic) bond motifs is 1. The summed E-state index contributed by atoms with van der Waals surface area (Å²) in [7, 11) is 4.14. The standard InChI is InChI=1S/C10H13N3/c1-12(2)7-9-3-4-10-11-5-6-13(10)8-9/h3-6,8H,7H2,1-2H3. The molecule has 3 heteroatoms. The molecule has 2 rings (SSSR count). The zero-order valence-electron chi connectivity index (χ0n) is 7.94. The Balaban J connectivity index is 2.37. The van der Waals surface area contributed by atoms with Crippen LogP contribution < -0.4 is 0 Å². The summed E-state index contributed by atoms with van der Waals surface area (Å²) >= 11 is 0. The van der Waals surface area contributed by atoms with Crippen molar-refractivity contribution in [3.05, 3.63) is 36.3 Å². The molecule has 0 aliphatic rings. The first-order chi connectivity index (χ1) is 6.25. The molecule has 0 aliphatic heterocycles. The monoisotopic (exact) mass is 175 g/mol. The number of hydrogen-bond acceptors (Lipinski definition) is 2. The third-order valence-corrected chi connectivity index (χ3v) is 1.95. The molecule has 2 aromatic heterocycles. The van der Waals surface area contributed by atoms with Gasteiger partial charge in [0.05, 0.1) is 0 Å². The summed E-state index contributed by atoms with van der Waals surface area (Å²) in [4.78, 5) is 6.34. The van der Waals surface area contributed by atoms with Crippen molar-refractivity contribution in [3.8, 4) is 0 Å². The maximum atomic E-state index is 4.19. The van der Waals surface area contributed by atoms with E-state index in [0.717, 1.165) is 12.2 Å². The van der Waals surface area contributed by atoms with Gasteiger partial charge in [-0.25, -0.2) is 4.98 Å². The molecule has 0 bridgehead atoms. The van der Waals surface area contributed by atoms with Crippen LogP contribution in [0.15, 0.2) is 30.7 Å². The van der Waals surface area contributed by atoms with Gasteiger partial charge in [0.2, 0.25) is 0 Å². The molecule has 0 aromatic carbocycles. The summed E-state index contributed by atoms with van der Waals surface area (Å²) in [6.45, 7) is 0.966. The zero-order valence-corrected chi connectivity index (χ0v) is 7.94. The Morgan fingerprint density at radius 2 is 2.23 bits per heavy atom. The number of rotatable bonds is 2. The number of aromatic nitrogens is 2. The lowest BCUT2D eigenvalue weighted by atomic mass is 10.3. The quantitative estimate of drug-likeness (QED) is 0.687. The Morgan fingerprint density at radius 3 is 3.00 bits per heavy atom. The summed E-state index contributed by atoms with van der Waals surface area (Å²) in [6, 6.07) is 4.15. The Bertz CT molecular complexity index is 403. The predicted octanol–water partition coefficient (Wildman–Crippen LogP) is 1.40. The topological polar surface area (TPSA) is 20.5 Å². The van der Waals surface area contributed by atoms with Crippen molar-refractivity contribution >= 4 is 5.65 Å². The molecule has 0 atom stereocenters. The van der Waals surface area contributed by atoms with Crippen LogP contribution in [0.25, 0.3) is 5.65 Å². The van der Waals surface area contributed by atoms with Crippen molar-refractivity contribution in [2.24, 2.45) is 0 Å². The van der Waals surface area contributed by atoms with Crippen molar-refractivity contribution in [1.82, 2.24) is 14.3 Å². The van der Waals surface area contributed by atoms with Crippen molar-refractivity contribution < 1.29 is 0 Å². The average molecular weight is 175 g/mol. The first-order valence-corrected chi connectivity index (χ1v) is 4.32. The largest absolute Gasteiger partial charge is 0.307 e. The summed E-state index contributed by atoms with van der Waals surface area (Å²) in [5.41, 5.74) is 2.30. The molecule has 0 radical (unpaired) electrons. The van der Waals surface area contributed by atoms with Gasteiger partial charge in [0, 0.05) is 25.1 Å². The molecule has 0 amide bonds. The van der Waals surface area contributed by atoms with E-state index in [-0.39, 0.29) is 0 Å². The number of hydrogen-bond donors (Lipinski definition) is 0. The Hall–Kier alpha value is -1.35. The van der Waals surface area contributed by atoms with Crippen LogP contribution in [0.4, 0.5) is 0 Å². The van der Waals surface area contributed by atoms with Gasteiger partial charge in [-0.3, -0.25) is 0 Å². The molecule has 3 nitrogen and oxygen atoms in total. The minimum atomic E-state index is 0.966. The maximum Gasteiger partial charge on any atom is 0.136 e. The SMILES string of the molecule is CN(C)Cc1ccc2nccn2c1. The van der Waals surface area contributed by atoms with E-state index in [1.54, 1.807) is 0 Å². The lowest BCUT2D eigenvalue weighted by Crippen LogP contribution is -2.10. The van der Waals surface area contributed by atoms with E-state index >= 15 is 0 Å². The number of pyridine rings is 1. The first kappa shape index (κ1) is 8.26. The molecule has 2 aromatic rings. The van der Waals surface area contributed by atoms with Gasteiger partial charge in [0.15, 0.2) is 0 Å². The molecule has 0 spiro atoms. The van der Waals surface area contributed by atoms with Gasteiger partial charge in [-0.1, -0.05) is 6.07 Å². The lowest BCUT2D eigenvalue weighted by Gasteiger charge is -2.09. The van der Waals surface area contributed by atoms with Crippen LogP contribution in [0.3, 0.4) is 0 Å². The molecule has 0 fully saturated rings. The first-order valence-electron chi connectivity index (χ1n) is 4.32. The second-order valence-corrected chi connectivity index (χ2v) is 3.47. The molecule has 0 N–H and O–H groups in total. The fourth-order valence-electron chi connectivity index (χ4n) is 1.42. The van der Waals surface area contributed by atoms with Crippen molar-refractivity contribution in [2.45, 2.75) is 6.54 Å². The van der Waals surface area contributed by atoms with Crippen LogP contribution in [0.2, 0.25) is 0 Å². The Kier molecular flexibility index (Phi) is 2.02. The van der Waals surface area contributed by atoms with E-state index in [2.05, 4.69) is 36.2 Å². The van der Waals surface area contributed by atoms with Gasteiger partial charge >= 0.3 is 0 Å². The molecular weight excluding hydrogens is 162 g/mol. The fraction of sp³-hybridized carbons (Fsp3) is 0.300. The molecule has 0 saturated carbocycles. The minimum Gasteiger partial charge on any atom is -0.307 e. The molecule has 13 heavy (non-hydrogen) atoms. The van der Waals surface area contributed by atoms with Gasteiger partial charge in [-0.05, 0) is 25.7 Å². The van der Waals surface area contributed by atoms with Crippen molar-refractivity contribution in [3.63, 3.8) is 0 Å². The molecule has 2 heterocycles. The highest BCUT2D eigenvalue weighted by molar-refractivity contribution is 5.39. The Morgan fingerprint density at radius 1 is 1.38 bits per heavy atom.